The first-order chi connectivity index (χ1) is 2.80. The molecule has 2 heteroatoms. The van der Waals surface area contributed by atoms with Crippen LogP contribution in [-0.2, 0) is 4.74 Å². The molecule has 1 saturated heterocycles. The fourth-order valence-corrected chi connectivity index (χ4v) is 0.466. The van der Waals surface area contributed by atoms with Gasteiger partial charge in [0.15, 0.2) is 0 Å². The van der Waals surface area contributed by atoms with Gasteiger partial charge in [-0.1, -0.05) is 0 Å². The van der Waals surface area contributed by atoms with Crippen LogP contribution in [0.25, 0.3) is 0 Å². The van der Waals surface area contributed by atoms with Crippen LogP contribution in [0.2, 0.25) is 0 Å². The Labute approximate surface area is 42.2 Å². The summed E-state index contributed by atoms with van der Waals surface area (Å²) in [6, 6.07) is 0. The van der Waals surface area contributed by atoms with Gasteiger partial charge < -0.3 is 4.74 Å². The van der Waals surface area contributed by atoms with Crippen molar-refractivity contribution in [3.63, 3.8) is 0 Å². The van der Waals surface area contributed by atoms with Gasteiger partial charge in [-0.15, -0.1) is 11.6 Å². The minimum absolute atomic E-state index is 0.213. The van der Waals surface area contributed by atoms with E-state index in [0.717, 1.165) is 6.61 Å². The molecule has 0 aromatic heterocycles. The Hall–Kier alpha value is 0.250. The van der Waals surface area contributed by atoms with E-state index in [4.69, 9.17) is 16.3 Å². The van der Waals surface area contributed by atoms with Crippen molar-refractivity contribution in [2.45, 2.75) is 18.4 Å². The summed E-state index contributed by atoms with van der Waals surface area (Å²) in [5.74, 6) is 0. The molecule has 6 heavy (non-hydrogen) atoms. The van der Waals surface area contributed by atoms with Crippen molar-refractivity contribution in [1.29, 1.82) is 0 Å². The lowest BCUT2D eigenvalue weighted by molar-refractivity contribution is 0.406. The van der Waals surface area contributed by atoms with Crippen LogP contribution in [0.15, 0.2) is 0 Å². The second-order valence-corrected chi connectivity index (χ2v) is 2.24. The van der Waals surface area contributed by atoms with Crippen LogP contribution in [0.1, 0.15) is 6.92 Å². The van der Waals surface area contributed by atoms with Gasteiger partial charge in [-0.25, -0.2) is 0 Å². The molecule has 0 aliphatic carbocycles. The van der Waals surface area contributed by atoms with Gasteiger partial charge in [0.25, 0.3) is 0 Å². The van der Waals surface area contributed by atoms with Crippen LogP contribution in [0.5, 0.6) is 0 Å². The summed E-state index contributed by atoms with van der Waals surface area (Å²) in [5, 5.41) is 0.213. The summed E-state index contributed by atoms with van der Waals surface area (Å²) >= 11 is 5.55. The summed E-state index contributed by atoms with van der Waals surface area (Å²) in [6.45, 7) is 2.81. The molecule has 1 nitrogen and oxygen atoms in total. The Balaban J connectivity index is 2.13. The zero-order valence-corrected chi connectivity index (χ0v) is 4.40. The molecule has 0 bridgehead atoms. The molecule has 0 radical (unpaired) electrons. The van der Waals surface area contributed by atoms with Crippen molar-refractivity contribution in [2.75, 3.05) is 6.61 Å². The van der Waals surface area contributed by atoms with E-state index in [2.05, 4.69) is 0 Å². The number of rotatable bonds is 1. The first kappa shape index (κ1) is 4.41. The maximum atomic E-state index is 5.55. The molecule has 36 valence electrons. The molecule has 1 heterocycles. The predicted octanol–water partition coefficient (Wildman–Crippen LogP) is 1.01. The van der Waals surface area contributed by atoms with Crippen molar-refractivity contribution >= 4 is 11.6 Å². The molecule has 0 aromatic rings. The van der Waals surface area contributed by atoms with Gasteiger partial charge in [0.05, 0.1) is 18.1 Å². The topological polar surface area (TPSA) is 12.5 Å². The van der Waals surface area contributed by atoms with E-state index in [1.54, 1.807) is 0 Å². The molecule has 2 atom stereocenters. The number of alkyl halides is 1. The first-order valence-electron chi connectivity index (χ1n) is 2.06. The highest BCUT2D eigenvalue weighted by Crippen LogP contribution is 2.17. The quantitative estimate of drug-likeness (QED) is 0.359. The van der Waals surface area contributed by atoms with Gasteiger partial charge in [0.1, 0.15) is 0 Å². The van der Waals surface area contributed by atoms with E-state index < -0.39 is 0 Å². The Bertz CT molecular complexity index is 49.5. The number of halogens is 1. The van der Waals surface area contributed by atoms with Crippen molar-refractivity contribution in [3.8, 4) is 0 Å². The molecule has 0 amide bonds. The van der Waals surface area contributed by atoms with Crippen LogP contribution in [0.3, 0.4) is 0 Å². The number of hydrogen-bond acceptors (Lipinski definition) is 1. The lowest BCUT2D eigenvalue weighted by Crippen LogP contribution is -1.98. The van der Waals surface area contributed by atoms with Gasteiger partial charge in [-0.2, -0.15) is 0 Å². The van der Waals surface area contributed by atoms with E-state index in [0.29, 0.717) is 6.10 Å². The summed E-state index contributed by atoms with van der Waals surface area (Å²) in [5.41, 5.74) is 0. The summed E-state index contributed by atoms with van der Waals surface area (Å²) in [7, 11) is 0. The summed E-state index contributed by atoms with van der Waals surface area (Å²) in [4.78, 5) is 0. The lowest BCUT2D eigenvalue weighted by Gasteiger charge is -1.88. The van der Waals surface area contributed by atoms with E-state index >= 15 is 0 Å². The molecule has 1 aliphatic rings. The largest absolute Gasteiger partial charge is 0.372 e. The fraction of sp³-hybridized carbons (Fsp3) is 1.00. The van der Waals surface area contributed by atoms with Crippen molar-refractivity contribution < 1.29 is 4.74 Å². The molecular formula is C4H7ClO. The number of hydrogen-bond donors (Lipinski definition) is 0. The van der Waals surface area contributed by atoms with Crippen molar-refractivity contribution in [2.24, 2.45) is 0 Å². The van der Waals surface area contributed by atoms with Gasteiger partial charge in [-0.05, 0) is 6.92 Å². The fourth-order valence-electron chi connectivity index (χ4n) is 0.321. The third kappa shape index (κ3) is 0.854. The third-order valence-corrected chi connectivity index (χ3v) is 1.15. The minimum Gasteiger partial charge on any atom is -0.372 e. The molecule has 1 fully saturated rings. The first-order valence-corrected chi connectivity index (χ1v) is 2.50. The van der Waals surface area contributed by atoms with Crippen LogP contribution < -0.4 is 0 Å². The number of epoxide rings is 1. The van der Waals surface area contributed by atoms with E-state index in [9.17, 15) is 0 Å². The average Bonchev–Trinajstić information content (AvgIpc) is 2.06. The molecule has 0 aromatic carbocycles. The zero-order valence-electron chi connectivity index (χ0n) is 3.65. The zero-order chi connectivity index (χ0) is 4.57. The molecular weight excluding hydrogens is 99.5 g/mol. The maximum Gasteiger partial charge on any atom is 0.0970 e. The highest BCUT2D eigenvalue weighted by molar-refractivity contribution is 6.20. The molecule has 1 rings (SSSR count). The molecule has 1 unspecified atom stereocenters. The van der Waals surface area contributed by atoms with Gasteiger partial charge in [0.2, 0.25) is 0 Å². The third-order valence-electron chi connectivity index (χ3n) is 0.871. The lowest BCUT2D eigenvalue weighted by atomic mass is 10.4. The second kappa shape index (κ2) is 1.39. The van der Waals surface area contributed by atoms with Crippen molar-refractivity contribution in [3.05, 3.63) is 0 Å². The summed E-state index contributed by atoms with van der Waals surface area (Å²) in [6.07, 6.45) is 0.367. The Morgan fingerprint density at radius 3 is 2.50 bits per heavy atom. The minimum atomic E-state index is 0.213. The molecule has 0 N–H and O–H groups in total. The highest BCUT2D eigenvalue weighted by atomic mass is 35.5. The normalized spacial score (nSPS) is 36.0. The standard InChI is InChI=1S/C4H7ClO/c1-3(5)4-2-6-4/h3-4H,2H2,1H3/t3-,4?/m0/s1. The Morgan fingerprint density at radius 2 is 2.50 bits per heavy atom. The van der Waals surface area contributed by atoms with Gasteiger partial charge >= 0.3 is 0 Å². The summed E-state index contributed by atoms with van der Waals surface area (Å²) < 4.78 is 4.84. The SMILES string of the molecule is C[C@H](Cl)C1CO1. The van der Waals surface area contributed by atoms with E-state index in [1.165, 1.54) is 0 Å². The second-order valence-electron chi connectivity index (χ2n) is 1.55. The molecule has 0 spiro atoms. The van der Waals surface area contributed by atoms with Crippen LogP contribution >= 0.6 is 11.6 Å². The predicted molar refractivity (Wildman–Crippen MR) is 25.1 cm³/mol. The van der Waals surface area contributed by atoms with Gasteiger partial charge in [0, 0.05) is 0 Å². The maximum absolute atomic E-state index is 5.55. The van der Waals surface area contributed by atoms with Crippen LogP contribution in [0.4, 0.5) is 0 Å². The average molecular weight is 107 g/mol. The molecule has 0 saturated carbocycles. The Morgan fingerprint density at radius 1 is 2.00 bits per heavy atom. The van der Waals surface area contributed by atoms with E-state index in [-0.39, 0.29) is 5.38 Å². The smallest absolute Gasteiger partial charge is 0.0970 e. The van der Waals surface area contributed by atoms with Gasteiger partial charge in [-0.3, -0.25) is 0 Å². The van der Waals surface area contributed by atoms with Crippen LogP contribution in [-0.4, -0.2) is 18.1 Å². The van der Waals surface area contributed by atoms with Crippen LogP contribution in [0, 0.1) is 0 Å². The Kier molecular flexibility index (Phi) is 1.02. The highest BCUT2D eigenvalue weighted by Gasteiger charge is 2.27. The monoisotopic (exact) mass is 106 g/mol. The number of ether oxygens (including phenoxy) is 1. The molecule has 1 aliphatic heterocycles. The van der Waals surface area contributed by atoms with Crippen molar-refractivity contribution in [1.82, 2.24) is 0 Å². The van der Waals surface area contributed by atoms with E-state index in [1.807, 2.05) is 6.92 Å².